The van der Waals surface area contributed by atoms with Gasteiger partial charge in [0.1, 0.15) is 18.6 Å². The maximum Gasteiger partial charge on any atom is 0.143 e. The number of hydrogen-bond donors (Lipinski definition) is 2. The molecule has 2 aliphatic rings. The standard InChI is InChI=1S/C14H24N2O3/c1-14(2,3)19-7-6-17-13-9-18-12-8-10(15)4-5-11(12)16-13/h4,8,11,13,16H,5-7,9,15H2,1-3H3. The third-order valence-electron chi connectivity index (χ3n) is 2.97. The van der Waals surface area contributed by atoms with Crippen molar-refractivity contribution in [2.75, 3.05) is 19.8 Å². The highest BCUT2D eigenvalue weighted by molar-refractivity contribution is 5.27. The van der Waals surface area contributed by atoms with E-state index in [1.54, 1.807) is 0 Å². The first-order valence-electron chi connectivity index (χ1n) is 6.76. The molecule has 1 heterocycles. The highest BCUT2D eigenvalue weighted by atomic mass is 16.6. The Hall–Kier alpha value is -1.04. The summed E-state index contributed by atoms with van der Waals surface area (Å²) in [7, 11) is 0. The van der Waals surface area contributed by atoms with Crippen LogP contribution in [0.1, 0.15) is 27.2 Å². The van der Waals surface area contributed by atoms with E-state index in [2.05, 4.69) is 5.32 Å². The second kappa shape index (κ2) is 5.94. The van der Waals surface area contributed by atoms with Crippen LogP contribution in [0.25, 0.3) is 0 Å². The van der Waals surface area contributed by atoms with E-state index < -0.39 is 0 Å². The van der Waals surface area contributed by atoms with Gasteiger partial charge < -0.3 is 19.9 Å². The molecule has 0 aromatic rings. The average molecular weight is 268 g/mol. The maximum absolute atomic E-state index is 5.74. The second-order valence-corrected chi connectivity index (χ2v) is 5.84. The van der Waals surface area contributed by atoms with Gasteiger partial charge in [-0.05, 0) is 27.2 Å². The Kier molecular flexibility index (Phi) is 4.50. The molecule has 3 N–H and O–H groups in total. The van der Waals surface area contributed by atoms with Gasteiger partial charge in [-0.2, -0.15) is 0 Å². The van der Waals surface area contributed by atoms with Gasteiger partial charge in [0.25, 0.3) is 0 Å². The summed E-state index contributed by atoms with van der Waals surface area (Å²) < 4.78 is 17.0. The lowest BCUT2D eigenvalue weighted by molar-refractivity contribution is -0.0883. The maximum atomic E-state index is 5.74. The molecule has 0 aromatic carbocycles. The van der Waals surface area contributed by atoms with Crippen LogP contribution in [0.2, 0.25) is 0 Å². The third-order valence-corrected chi connectivity index (χ3v) is 2.97. The van der Waals surface area contributed by atoms with Crippen LogP contribution in [0.15, 0.2) is 23.6 Å². The van der Waals surface area contributed by atoms with Crippen molar-refractivity contribution in [3.63, 3.8) is 0 Å². The van der Waals surface area contributed by atoms with E-state index in [0.29, 0.717) is 19.8 Å². The Morgan fingerprint density at radius 1 is 1.42 bits per heavy atom. The summed E-state index contributed by atoms with van der Waals surface area (Å²) in [6.07, 6.45) is 4.63. The normalized spacial score (nSPS) is 27.1. The second-order valence-electron chi connectivity index (χ2n) is 5.84. The number of morpholine rings is 1. The molecular weight excluding hydrogens is 244 g/mol. The van der Waals surface area contributed by atoms with Crippen molar-refractivity contribution in [3.8, 4) is 0 Å². The van der Waals surface area contributed by atoms with E-state index in [1.807, 2.05) is 32.9 Å². The Morgan fingerprint density at radius 3 is 2.95 bits per heavy atom. The quantitative estimate of drug-likeness (QED) is 0.752. The van der Waals surface area contributed by atoms with Crippen LogP contribution in [0.3, 0.4) is 0 Å². The lowest BCUT2D eigenvalue weighted by Crippen LogP contribution is -2.49. The third kappa shape index (κ3) is 4.53. The largest absolute Gasteiger partial charge is 0.492 e. The van der Waals surface area contributed by atoms with Crippen molar-refractivity contribution in [2.24, 2.45) is 5.73 Å². The van der Waals surface area contributed by atoms with Crippen LogP contribution in [0, 0.1) is 0 Å². The van der Waals surface area contributed by atoms with Crippen LogP contribution in [-0.4, -0.2) is 37.7 Å². The van der Waals surface area contributed by atoms with Gasteiger partial charge in [-0.3, -0.25) is 5.32 Å². The molecule has 1 fully saturated rings. The summed E-state index contributed by atoms with van der Waals surface area (Å²) in [5, 5.41) is 3.40. The molecule has 0 aromatic heterocycles. The summed E-state index contributed by atoms with van der Waals surface area (Å²) in [5.74, 6) is 0.908. The lowest BCUT2D eigenvalue weighted by Gasteiger charge is -2.34. The van der Waals surface area contributed by atoms with Crippen LogP contribution in [0.4, 0.5) is 0 Å². The predicted octanol–water partition coefficient (Wildman–Crippen LogP) is 1.26. The van der Waals surface area contributed by atoms with Gasteiger partial charge in [-0.1, -0.05) is 6.08 Å². The highest BCUT2D eigenvalue weighted by Gasteiger charge is 2.28. The number of nitrogens with two attached hydrogens (primary N) is 1. The molecule has 0 saturated carbocycles. The molecule has 5 nitrogen and oxygen atoms in total. The molecule has 19 heavy (non-hydrogen) atoms. The van der Waals surface area contributed by atoms with E-state index in [4.69, 9.17) is 19.9 Å². The summed E-state index contributed by atoms with van der Waals surface area (Å²) >= 11 is 0. The molecule has 5 heteroatoms. The Balaban J connectivity index is 1.70. The Bertz CT molecular complexity index is 371. The molecule has 0 bridgehead atoms. The molecule has 108 valence electrons. The fraction of sp³-hybridized carbons (Fsp3) is 0.714. The highest BCUT2D eigenvalue weighted by Crippen LogP contribution is 2.21. The zero-order chi connectivity index (χ0) is 13.9. The average Bonchev–Trinajstić information content (AvgIpc) is 2.33. The number of hydrogen-bond acceptors (Lipinski definition) is 5. The van der Waals surface area contributed by atoms with Crippen LogP contribution >= 0.6 is 0 Å². The predicted molar refractivity (Wildman–Crippen MR) is 73.3 cm³/mol. The lowest BCUT2D eigenvalue weighted by atomic mass is 10.0. The van der Waals surface area contributed by atoms with Gasteiger partial charge in [-0.25, -0.2) is 0 Å². The van der Waals surface area contributed by atoms with Crippen molar-refractivity contribution in [2.45, 2.75) is 45.1 Å². The van der Waals surface area contributed by atoms with Crippen molar-refractivity contribution in [1.29, 1.82) is 0 Å². The van der Waals surface area contributed by atoms with E-state index >= 15 is 0 Å². The van der Waals surface area contributed by atoms with Crippen molar-refractivity contribution >= 4 is 0 Å². The molecule has 0 spiro atoms. The first-order chi connectivity index (χ1) is 8.94. The van der Waals surface area contributed by atoms with Crippen molar-refractivity contribution in [3.05, 3.63) is 23.6 Å². The minimum absolute atomic E-state index is 0.0848. The van der Waals surface area contributed by atoms with Crippen molar-refractivity contribution in [1.82, 2.24) is 5.32 Å². The van der Waals surface area contributed by atoms with Gasteiger partial charge in [0.2, 0.25) is 0 Å². The molecular formula is C14H24N2O3. The van der Waals surface area contributed by atoms with Crippen molar-refractivity contribution < 1.29 is 14.2 Å². The van der Waals surface area contributed by atoms with Gasteiger partial charge in [0, 0.05) is 11.8 Å². The number of ether oxygens (including phenoxy) is 3. The Morgan fingerprint density at radius 2 is 2.21 bits per heavy atom. The summed E-state index contributed by atoms with van der Waals surface area (Å²) in [6, 6.07) is 0.176. The zero-order valence-corrected chi connectivity index (χ0v) is 11.9. The van der Waals surface area contributed by atoms with Crippen LogP contribution in [-0.2, 0) is 14.2 Å². The molecule has 2 rings (SSSR count). The molecule has 0 radical (unpaired) electrons. The molecule has 1 saturated heterocycles. The number of nitrogens with one attached hydrogen (secondary N) is 1. The van der Waals surface area contributed by atoms with Crippen LogP contribution in [0.5, 0.6) is 0 Å². The summed E-state index contributed by atoms with van der Waals surface area (Å²) in [6.45, 7) is 7.75. The smallest absolute Gasteiger partial charge is 0.143 e. The SMILES string of the molecule is CC(C)(C)OCCOC1COC2=CC(N)=CCC2N1. The van der Waals surface area contributed by atoms with E-state index in [1.165, 1.54) is 0 Å². The zero-order valence-electron chi connectivity index (χ0n) is 11.9. The number of rotatable bonds is 4. The van der Waals surface area contributed by atoms with Gasteiger partial charge in [0.05, 0.1) is 24.9 Å². The minimum Gasteiger partial charge on any atom is -0.492 e. The van der Waals surface area contributed by atoms with E-state index in [0.717, 1.165) is 17.9 Å². The topological polar surface area (TPSA) is 65.7 Å². The van der Waals surface area contributed by atoms with Gasteiger partial charge >= 0.3 is 0 Å². The summed E-state index contributed by atoms with van der Waals surface area (Å²) in [4.78, 5) is 0. The fourth-order valence-electron chi connectivity index (χ4n) is 2.07. The first kappa shape index (κ1) is 14.4. The Labute approximate surface area is 114 Å². The number of fused-ring (bicyclic) bond motifs is 1. The fourth-order valence-corrected chi connectivity index (χ4v) is 2.07. The molecule has 0 amide bonds. The molecule has 2 atom stereocenters. The summed E-state index contributed by atoms with van der Waals surface area (Å²) in [5.41, 5.74) is 6.39. The molecule has 2 unspecified atom stereocenters. The molecule has 1 aliphatic heterocycles. The van der Waals surface area contributed by atoms with Gasteiger partial charge in [0.15, 0.2) is 0 Å². The minimum atomic E-state index is -0.124. The van der Waals surface area contributed by atoms with E-state index in [9.17, 15) is 0 Å². The first-order valence-corrected chi connectivity index (χ1v) is 6.76. The van der Waals surface area contributed by atoms with E-state index in [-0.39, 0.29) is 17.9 Å². The van der Waals surface area contributed by atoms with Crippen LogP contribution < -0.4 is 11.1 Å². The monoisotopic (exact) mass is 268 g/mol. The molecule has 1 aliphatic carbocycles. The number of allylic oxidation sites excluding steroid dienone is 1. The van der Waals surface area contributed by atoms with Gasteiger partial charge in [-0.15, -0.1) is 0 Å².